The molecule has 0 spiro atoms. The standard InChI is InChI=1S/C25H20ClN3O4/c1-32-22-10-8-20(9-11-22)28-24(30)16-33-23-7-2-4-17(13-23)12-18(15-27)25(31)29-21-6-3-5-19(26)14-21/h2-14H,16H2,1H3,(H,28,30)(H,29,31)/b18-12-. The molecule has 0 aliphatic rings. The SMILES string of the molecule is COc1ccc(NC(=O)COc2cccc(/C=C(/C#N)C(=O)Nc3cccc(Cl)c3)c2)cc1. The zero-order valence-electron chi connectivity index (χ0n) is 17.7. The van der Waals surface area contributed by atoms with Crippen LogP contribution in [0.2, 0.25) is 5.02 Å². The van der Waals surface area contributed by atoms with E-state index in [4.69, 9.17) is 21.1 Å². The van der Waals surface area contributed by atoms with Gasteiger partial charge < -0.3 is 20.1 Å². The number of ether oxygens (including phenoxy) is 2. The van der Waals surface area contributed by atoms with Gasteiger partial charge in [-0.05, 0) is 66.2 Å². The maximum Gasteiger partial charge on any atom is 0.266 e. The van der Waals surface area contributed by atoms with Crippen LogP contribution in [0.4, 0.5) is 11.4 Å². The number of nitrogens with one attached hydrogen (secondary N) is 2. The lowest BCUT2D eigenvalue weighted by Crippen LogP contribution is -2.20. The molecule has 0 fully saturated rings. The zero-order valence-corrected chi connectivity index (χ0v) is 18.4. The fourth-order valence-corrected chi connectivity index (χ4v) is 2.98. The van der Waals surface area contributed by atoms with Crippen molar-refractivity contribution in [3.63, 3.8) is 0 Å². The third-order valence-electron chi connectivity index (χ3n) is 4.36. The number of halogens is 1. The summed E-state index contributed by atoms with van der Waals surface area (Å²) in [5, 5.41) is 15.2. The molecule has 3 aromatic rings. The number of anilines is 2. The summed E-state index contributed by atoms with van der Waals surface area (Å²) in [6.45, 7) is -0.209. The van der Waals surface area contributed by atoms with Crippen molar-refractivity contribution >= 4 is 40.9 Å². The zero-order chi connectivity index (χ0) is 23.6. The fraction of sp³-hybridized carbons (Fsp3) is 0.0800. The van der Waals surface area contributed by atoms with Gasteiger partial charge in [0.1, 0.15) is 23.1 Å². The van der Waals surface area contributed by atoms with Gasteiger partial charge in [-0.1, -0.05) is 29.8 Å². The van der Waals surface area contributed by atoms with Crippen LogP contribution >= 0.6 is 11.6 Å². The summed E-state index contributed by atoms with van der Waals surface area (Å²) in [6.07, 6.45) is 1.43. The van der Waals surface area contributed by atoms with E-state index in [0.29, 0.717) is 33.5 Å². The molecule has 2 N–H and O–H groups in total. The van der Waals surface area contributed by atoms with Gasteiger partial charge in [0.2, 0.25) is 0 Å². The summed E-state index contributed by atoms with van der Waals surface area (Å²) in [6, 6.07) is 22.2. The maximum absolute atomic E-state index is 12.4. The first-order valence-corrected chi connectivity index (χ1v) is 10.2. The van der Waals surface area contributed by atoms with Gasteiger partial charge in [0.15, 0.2) is 6.61 Å². The lowest BCUT2D eigenvalue weighted by atomic mass is 10.1. The molecule has 0 aliphatic heterocycles. The number of hydrogen-bond acceptors (Lipinski definition) is 5. The lowest BCUT2D eigenvalue weighted by molar-refractivity contribution is -0.118. The van der Waals surface area contributed by atoms with Gasteiger partial charge in [-0.25, -0.2) is 0 Å². The Hall–Kier alpha value is -4.28. The Bertz CT molecular complexity index is 1220. The average Bonchev–Trinajstić information content (AvgIpc) is 2.82. The molecular weight excluding hydrogens is 442 g/mol. The Morgan fingerprint density at radius 2 is 1.73 bits per heavy atom. The van der Waals surface area contributed by atoms with Crippen LogP contribution in [0.5, 0.6) is 11.5 Å². The first kappa shape index (κ1) is 23.4. The van der Waals surface area contributed by atoms with E-state index >= 15 is 0 Å². The minimum absolute atomic E-state index is 0.0932. The minimum atomic E-state index is -0.565. The predicted molar refractivity (Wildman–Crippen MR) is 127 cm³/mol. The summed E-state index contributed by atoms with van der Waals surface area (Å²) in [4.78, 5) is 24.6. The Balaban J connectivity index is 1.61. The van der Waals surface area contributed by atoms with Crippen molar-refractivity contribution in [1.29, 1.82) is 5.26 Å². The van der Waals surface area contributed by atoms with Crippen molar-refractivity contribution < 1.29 is 19.1 Å². The molecule has 0 heterocycles. The molecular formula is C25H20ClN3O4. The van der Waals surface area contributed by atoms with Crippen LogP contribution < -0.4 is 20.1 Å². The van der Waals surface area contributed by atoms with E-state index in [0.717, 1.165) is 0 Å². The topological polar surface area (TPSA) is 100 Å². The number of hydrogen-bond donors (Lipinski definition) is 2. The van der Waals surface area contributed by atoms with Gasteiger partial charge in [0, 0.05) is 16.4 Å². The third-order valence-corrected chi connectivity index (χ3v) is 4.60. The molecule has 3 aromatic carbocycles. The van der Waals surface area contributed by atoms with Gasteiger partial charge in [-0.15, -0.1) is 0 Å². The quantitative estimate of drug-likeness (QED) is 0.366. The first-order valence-electron chi connectivity index (χ1n) is 9.82. The number of benzene rings is 3. The van der Waals surface area contributed by atoms with Crippen LogP contribution in [-0.4, -0.2) is 25.5 Å². The van der Waals surface area contributed by atoms with E-state index in [1.54, 1.807) is 79.9 Å². The molecule has 166 valence electrons. The second-order valence-electron chi connectivity index (χ2n) is 6.77. The van der Waals surface area contributed by atoms with Gasteiger partial charge in [-0.2, -0.15) is 5.26 Å². The minimum Gasteiger partial charge on any atom is -0.497 e. The number of amides is 2. The second kappa shape index (κ2) is 11.4. The van der Waals surface area contributed by atoms with E-state index in [9.17, 15) is 14.9 Å². The molecule has 33 heavy (non-hydrogen) atoms. The second-order valence-corrected chi connectivity index (χ2v) is 7.21. The van der Waals surface area contributed by atoms with E-state index < -0.39 is 5.91 Å². The normalized spacial score (nSPS) is 10.6. The molecule has 3 rings (SSSR count). The molecule has 8 heteroatoms. The van der Waals surface area contributed by atoms with Crippen LogP contribution in [0.3, 0.4) is 0 Å². The number of nitrogens with zero attached hydrogens (tertiary/aromatic N) is 1. The predicted octanol–water partition coefficient (Wildman–Crippen LogP) is 4.91. The van der Waals surface area contributed by atoms with Gasteiger partial charge in [0.05, 0.1) is 7.11 Å². The molecule has 0 unspecified atom stereocenters. The number of methoxy groups -OCH3 is 1. The Morgan fingerprint density at radius 3 is 2.42 bits per heavy atom. The molecule has 0 aliphatic carbocycles. The molecule has 0 saturated carbocycles. The highest BCUT2D eigenvalue weighted by Gasteiger charge is 2.10. The maximum atomic E-state index is 12.4. The largest absolute Gasteiger partial charge is 0.497 e. The highest BCUT2D eigenvalue weighted by atomic mass is 35.5. The van der Waals surface area contributed by atoms with Crippen LogP contribution in [0, 0.1) is 11.3 Å². The van der Waals surface area contributed by atoms with Crippen molar-refractivity contribution in [2.75, 3.05) is 24.4 Å². The molecule has 7 nitrogen and oxygen atoms in total. The van der Waals surface area contributed by atoms with Gasteiger partial charge in [-0.3, -0.25) is 9.59 Å². The fourth-order valence-electron chi connectivity index (χ4n) is 2.79. The smallest absolute Gasteiger partial charge is 0.266 e. The summed E-state index contributed by atoms with van der Waals surface area (Å²) >= 11 is 5.92. The summed E-state index contributed by atoms with van der Waals surface area (Å²) in [5.41, 5.74) is 1.57. The molecule has 0 bridgehead atoms. The molecule has 0 aromatic heterocycles. The van der Waals surface area contributed by atoms with Crippen molar-refractivity contribution in [1.82, 2.24) is 0 Å². The van der Waals surface area contributed by atoms with Crippen molar-refractivity contribution in [3.05, 3.63) is 89.0 Å². The molecule has 2 amide bonds. The summed E-state index contributed by atoms with van der Waals surface area (Å²) in [7, 11) is 1.57. The van der Waals surface area contributed by atoms with E-state index in [2.05, 4.69) is 10.6 Å². The van der Waals surface area contributed by atoms with Gasteiger partial charge in [0.25, 0.3) is 11.8 Å². The van der Waals surface area contributed by atoms with Crippen molar-refractivity contribution in [2.24, 2.45) is 0 Å². The van der Waals surface area contributed by atoms with Crippen molar-refractivity contribution in [2.45, 2.75) is 0 Å². The van der Waals surface area contributed by atoms with Crippen molar-refractivity contribution in [3.8, 4) is 17.6 Å². The van der Waals surface area contributed by atoms with Crippen LogP contribution in [0.15, 0.2) is 78.4 Å². The monoisotopic (exact) mass is 461 g/mol. The molecule has 0 saturated heterocycles. The molecule has 0 radical (unpaired) electrons. The first-order chi connectivity index (χ1) is 16.0. The van der Waals surface area contributed by atoms with E-state index in [-0.39, 0.29) is 18.1 Å². The summed E-state index contributed by atoms with van der Waals surface area (Å²) < 4.78 is 10.6. The number of carbonyl (C=O) groups excluding carboxylic acids is 2. The number of carbonyl (C=O) groups is 2. The molecule has 0 atom stereocenters. The highest BCUT2D eigenvalue weighted by molar-refractivity contribution is 6.31. The van der Waals surface area contributed by atoms with Gasteiger partial charge >= 0.3 is 0 Å². The lowest BCUT2D eigenvalue weighted by Gasteiger charge is -2.09. The van der Waals surface area contributed by atoms with Crippen LogP contribution in [0.1, 0.15) is 5.56 Å². The average molecular weight is 462 g/mol. The number of nitriles is 1. The van der Waals surface area contributed by atoms with Crippen LogP contribution in [0.25, 0.3) is 6.08 Å². The summed E-state index contributed by atoms with van der Waals surface area (Å²) in [5.74, 6) is 0.206. The number of rotatable bonds is 8. The Labute approximate surface area is 196 Å². The van der Waals surface area contributed by atoms with E-state index in [1.165, 1.54) is 6.08 Å². The highest BCUT2D eigenvalue weighted by Crippen LogP contribution is 2.19. The van der Waals surface area contributed by atoms with E-state index in [1.807, 2.05) is 6.07 Å². The Morgan fingerprint density at radius 1 is 0.970 bits per heavy atom. The third kappa shape index (κ3) is 7.13. The Kier molecular flexibility index (Phi) is 8.06. The van der Waals surface area contributed by atoms with Crippen LogP contribution in [-0.2, 0) is 9.59 Å².